The fourth-order valence-electron chi connectivity index (χ4n) is 0.983. The van der Waals surface area contributed by atoms with Gasteiger partial charge in [0.25, 0.3) is 6.43 Å². The maximum Gasteiger partial charge on any atom is 0.268 e. The predicted molar refractivity (Wildman–Crippen MR) is 48.2 cm³/mol. The van der Waals surface area contributed by atoms with Crippen LogP contribution in [0, 0.1) is 11.3 Å². The molecule has 3 nitrogen and oxygen atoms in total. The second-order valence-electron chi connectivity index (χ2n) is 2.32. The third-order valence-electron chi connectivity index (χ3n) is 1.57. The summed E-state index contributed by atoms with van der Waals surface area (Å²) < 4.78 is 30.0. The average molecular weight is 263 g/mol. The smallest absolute Gasteiger partial charge is 0.268 e. The Morgan fingerprint density at radius 3 is 2.71 bits per heavy atom. The van der Waals surface area contributed by atoms with Gasteiger partial charge in [0.1, 0.15) is 10.7 Å². The van der Waals surface area contributed by atoms with Crippen LogP contribution in [0.3, 0.4) is 0 Å². The molecule has 0 saturated heterocycles. The van der Waals surface area contributed by atoms with Gasteiger partial charge in [0.15, 0.2) is 5.75 Å². The number of ether oxygens (including phenoxy) is 1. The standard InChI is InChI=1S/C8H5BrF2N2O/c1-14-6-5(8(10)11)4(2-12)3-13-7(6)9/h3,8H,1H3. The SMILES string of the molecule is COc1c(Br)ncc(C#N)c1C(F)F. The lowest BCUT2D eigenvalue weighted by atomic mass is 10.1. The number of hydrogen-bond donors (Lipinski definition) is 0. The largest absolute Gasteiger partial charge is 0.493 e. The van der Waals surface area contributed by atoms with Crippen molar-refractivity contribution in [2.45, 2.75) is 6.43 Å². The van der Waals surface area contributed by atoms with Gasteiger partial charge in [-0.3, -0.25) is 0 Å². The average Bonchev–Trinajstić information content (AvgIpc) is 2.17. The number of methoxy groups -OCH3 is 1. The fraction of sp³-hybridized carbons (Fsp3) is 0.250. The van der Waals surface area contributed by atoms with E-state index in [4.69, 9.17) is 10.00 Å². The van der Waals surface area contributed by atoms with Crippen LogP contribution in [0.4, 0.5) is 8.78 Å². The first-order valence-electron chi connectivity index (χ1n) is 3.52. The minimum atomic E-state index is -2.76. The van der Waals surface area contributed by atoms with Crippen molar-refractivity contribution in [3.63, 3.8) is 0 Å². The van der Waals surface area contributed by atoms with Gasteiger partial charge in [0.2, 0.25) is 0 Å². The topological polar surface area (TPSA) is 45.9 Å². The number of hydrogen-bond acceptors (Lipinski definition) is 3. The molecule has 0 spiro atoms. The molecule has 1 rings (SSSR count). The van der Waals surface area contributed by atoms with Gasteiger partial charge in [-0.1, -0.05) is 0 Å². The maximum absolute atomic E-state index is 12.6. The Morgan fingerprint density at radius 2 is 2.29 bits per heavy atom. The predicted octanol–water partition coefficient (Wildman–Crippen LogP) is 2.66. The van der Waals surface area contributed by atoms with Gasteiger partial charge >= 0.3 is 0 Å². The second kappa shape index (κ2) is 4.33. The van der Waals surface area contributed by atoms with E-state index in [2.05, 4.69) is 20.9 Å². The molecule has 0 fully saturated rings. The molecule has 0 atom stereocenters. The van der Waals surface area contributed by atoms with Crippen molar-refractivity contribution in [2.75, 3.05) is 7.11 Å². The Bertz CT molecular complexity index is 390. The van der Waals surface area contributed by atoms with Crippen molar-refractivity contribution < 1.29 is 13.5 Å². The molecule has 0 bridgehead atoms. The highest BCUT2D eigenvalue weighted by Gasteiger charge is 2.21. The van der Waals surface area contributed by atoms with E-state index in [9.17, 15) is 8.78 Å². The van der Waals surface area contributed by atoms with E-state index in [1.54, 1.807) is 6.07 Å². The van der Waals surface area contributed by atoms with Gasteiger partial charge in [0.05, 0.1) is 18.2 Å². The van der Waals surface area contributed by atoms with Crippen LogP contribution in [0.1, 0.15) is 17.6 Å². The number of halogens is 3. The quantitative estimate of drug-likeness (QED) is 0.770. The molecule has 0 unspecified atom stereocenters. The van der Waals surface area contributed by atoms with E-state index >= 15 is 0 Å². The number of pyridine rings is 1. The van der Waals surface area contributed by atoms with Crippen molar-refractivity contribution in [1.29, 1.82) is 5.26 Å². The molecule has 74 valence electrons. The van der Waals surface area contributed by atoms with Crippen molar-refractivity contribution in [2.24, 2.45) is 0 Å². The molecule has 14 heavy (non-hydrogen) atoms. The van der Waals surface area contributed by atoms with Crippen LogP contribution in [0.25, 0.3) is 0 Å². The van der Waals surface area contributed by atoms with Gasteiger partial charge in [-0.25, -0.2) is 13.8 Å². The maximum atomic E-state index is 12.6. The minimum absolute atomic E-state index is 0.0981. The molecular formula is C8H5BrF2N2O. The van der Waals surface area contributed by atoms with Crippen LogP contribution in [-0.2, 0) is 0 Å². The molecule has 0 amide bonds. The van der Waals surface area contributed by atoms with Crippen molar-refractivity contribution >= 4 is 15.9 Å². The van der Waals surface area contributed by atoms with E-state index in [0.29, 0.717) is 0 Å². The van der Waals surface area contributed by atoms with Crippen LogP contribution >= 0.6 is 15.9 Å². The summed E-state index contributed by atoms with van der Waals surface area (Å²) in [6, 6.07) is 1.64. The third-order valence-corrected chi connectivity index (χ3v) is 2.14. The number of aromatic nitrogens is 1. The van der Waals surface area contributed by atoms with Gasteiger partial charge in [-0.05, 0) is 15.9 Å². The Hall–Kier alpha value is -1.22. The normalized spacial score (nSPS) is 10.0. The molecule has 1 aromatic heterocycles. The number of alkyl halides is 2. The van der Waals surface area contributed by atoms with Gasteiger partial charge < -0.3 is 4.74 Å². The number of nitriles is 1. The zero-order valence-electron chi connectivity index (χ0n) is 7.09. The van der Waals surface area contributed by atoms with Gasteiger partial charge in [-0.15, -0.1) is 0 Å². The number of nitrogens with zero attached hydrogens (tertiary/aromatic N) is 2. The lowest BCUT2D eigenvalue weighted by Gasteiger charge is -2.09. The molecule has 1 aromatic rings. The van der Waals surface area contributed by atoms with Crippen LogP contribution in [-0.4, -0.2) is 12.1 Å². The molecule has 1 heterocycles. The molecule has 0 saturated carbocycles. The highest BCUT2D eigenvalue weighted by Crippen LogP contribution is 2.35. The Balaban J connectivity index is 3.46. The highest BCUT2D eigenvalue weighted by molar-refractivity contribution is 9.10. The summed E-state index contributed by atoms with van der Waals surface area (Å²) in [5.41, 5.74) is -0.614. The van der Waals surface area contributed by atoms with E-state index in [1.807, 2.05) is 0 Å². The van der Waals surface area contributed by atoms with Crippen LogP contribution in [0.5, 0.6) is 5.75 Å². The summed E-state index contributed by atoms with van der Waals surface area (Å²) in [6.45, 7) is 0. The Kier molecular flexibility index (Phi) is 3.36. The summed E-state index contributed by atoms with van der Waals surface area (Å²) in [7, 11) is 1.24. The first kappa shape index (κ1) is 10.9. The summed E-state index contributed by atoms with van der Waals surface area (Å²) in [6.07, 6.45) is -1.69. The third kappa shape index (κ3) is 1.82. The van der Waals surface area contributed by atoms with Gasteiger partial charge in [-0.2, -0.15) is 5.26 Å². The summed E-state index contributed by atoms with van der Waals surface area (Å²) in [4.78, 5) is 3.70. The Labute approximate surface area is 87.5 Å². The zero-order valence-corrected chi connectivity index (χ0v) is 8.68. The molecular weight excluding hydrogens is 258 g/mol. The van der Waals surface area contributed by atoms with Crippen molar-refractivity contribution in [3.8, 4) is 11.8 Å². The molecule has 0 radical (unpaired) electrons. The zero-order chi connectivity index (χ0) is 10.7. The first-order valence-corrected chi connectivity index (χ1v) is 4.31. The molecule has 0 aliphatic heterocycles. The molecule has 0 aliphatic rings. The fourth-order valence-corrected chi connectivity index (χ4v) is 1.46. The van der Waals surface area contributed by atoms with Crippen molar-refractivity contribution in [1.82, 2.24) is 4.98 Å². The lowest BCUT2D eigenvalue weighted by Crippen LogP contribution is -1.99. The molecule has 0 N–H and O–H groups in total. The summed E-state index contributed by atoms with van der Waals surface area (Å²) in [5.74, 6) is -0.0981. The van der Waals surface area contributed by atoms with Crippen LogP contribution in [0.2, 0.25) is 0 Å². The first-order chi connectivity index (χ1) is 6.61. The van der Waals surface area contributed by atoms with Crippen molar-refractivity contribution in [3.05, 3.63) is 21.9 Å². The van der Waals surface area contributed by atoms with E-state index < -0.39 is 12.0 Å². The Morgan fingerprint density at radius 1 is 1.64 bits per heavy atom. The summed E-state index contributed by atoms with van der Waals surface area (Å²) in [5, 5.41) is 8.58. The van der Waals surface area contributed by atoms with E-state index in [0.717, 1.165) is 6.20 Å². The highest BCUT2D eigenvalue weighted by atomic mass is 79.9. The van der Waals surface area contributed by atoms with E-state index in [1.165, 1.54) is 7.11 Å². The monoisotopic (exact) mass is 262 g/mol. The lowest BCUT2D eigenvalue weighted by molar-refractivity contribution is 0.146. The summed E-state index contributed by atoms with van der Waals surface area (Å²) >= 11 is 2.96. The van der Waals surface area contributed by atoms with Crippen LogP contribution in [0.15, 0.2) is 10.8 Å². The minimum Gasteiger partial charge on any atom is -0.493 e. The van der Waals surface area contributed by atoms with E-state index in [-0.39, 0.29) is 15.9 Å². The second-order valence-corrected chi connectivity index (χ2v) is 3.07. The van der Waals surface area contributed by atoms with Gasteiger partial charge in [0, 0.05) is 6.20 Å². The molecule has 0 aliphatic carbocycles. The number of rotatable bonds is 2. The molecule has 0 aromatic carbocycles. The van der Waals surface area contributed by atoms with Crippen LogP contribution < -0.4 is 4.74 Å². The molecule has 6 heteroatoms.